The standard InChI is InChI=1S/C23H21FN4OS2/c1-14-12-28(13-25)15(2)21(14)27-22(29)23-26-11-20(31-23)18-5-3-4-6-19(18)30-17-9-7-16(24)8-10-17/h3-11,14-15,21H,12H2,1-2H3,(H,27,29)/t14?,15?,21-/m1/s1. The molecule has 0 bridgehead atoms. The Morgan fingerprint density at radius 3 is 2.71 bits per heavy atom. The molecule has 31 heavy (non-hydrogen) atoms. The van der Waals surface area contributed by atoms with Crippen molar-refractivity contribution in [3.8, 4) is 16.6 Å². The number of likely N-dealkylation sites (tertiary alicyclic amines) is 1. The number of rotatable bonds is 5. The molecule has 5 nitrogen and oxygen atoms in total. The van der Waals surface area contributed by atoms with Gasteiger partial charge in [0, 0.05) is 28.1 Å². The van der Waals surface area contributed by atoms with E-state index in [0.717, 1.165) is 20.2 Å². The van der Waals surface area contributed by atoms with Gasteiger partial charge in [-0.3, -0.25) is 4.79 Å². The smallest absolute Gasteiger partial charge is 0.280 e. The Morgan fingerprint density at radius 1 is 1.26 bits per heavy atom. The van der Waals surface area contributed by atoms with Gasteiger partial charge < -0.3 is 10.2 Å². The molecule has 0 aliphatic carbocycles. The lowest BCUT2D eigenvalue weighted by atomic mass is 10.0. The molecule has 1 saturated heterocycles. The number of nitrogens with one attached hydrogen (secondary N) is 1. The minimum atomic E-state index is -0.264. The Kier molecular flexibility index (Phi) is 6.25. The van der Waals surface area contributed by atoms with Crippen LogP contribution in [0.2, 0.25) is 0 Å². The minimum absolute atomic E-state index is 0.0452. The van der Waals surface area contributed by atoms with Gasteiger partial charge in [-0.05, 0) is 43.2 Å². The zero-order valence-electron chi connectivity index (χ0n) is 17.1. The summed E-state index contributed by atoms with van der Waals surface area (Å²) in [5, 5.41) is 12.7. The van der Waals surface area contributed by atoms with Crippen LogP contribution < -0.4 is 5.32 Å². The fourth-order valence-electron chi connectivity index (χ4n) is 3.76. The number of carbonyl (C=O) groups is 1. The molecule has 2 aromatic carbocycles. The number of thiazole rings is 1. The summed E-state index contributed by atoms with van der Waals surface area (Å²) in [6.07, 6.45) is 3.90. The summed E-state index contributed by atoms with van der Waals surface area (Å²) in [4.78, 5) is 21.7. The van der Waals surface area contributed by atoms with Gasteiger partial charge in [0.05, 0.1) is 17.0 Å². The van der Waals surface area contributed by atoms with Crippen LogP contribution in [0.1, 0.15) is 23.6 Å². The van der Waals surface area contributed by atoms with Gasteiger partial charge in [-0.25, -0.2) is 9.37 Å². The molecule has 3 atom stereocenters. The zero-order chi connectivity index (χ0) is 22.0. The second-order valence-electron chi connectivity index (χ2n) is 7.55. The van der Waals surface area contributed by atoms with Crippen molar-refractivity contribution in [1.82, 2.24) is 15.2 Å². The maximum Gasteiger partial charge on any atom is 0.280 e. The molecule has 1 fully saturated rings. The maximum atomic E-state index is 13.2. The molecule has 0 saturated carbocycles. The Balaban J connectivity index is 1.52. The van der Waals surface area contributed by atoms with Crippen molar-refractivity contribution in [1.29, 1.82) is 5.26 Å². The number of nitrogens with zero attached hydrogens (tertiary/aromatic N) is 3. The number of carbonyl (C=O) groups excluding carboxylic acids is 1. The largest absolute Gasteiger partial charge is 0.345 e. The third-order valence-corrected chi connectivity index (χ3v) is 7.54. The van der Waals surface area contributed by atoms with Crippen LogP contribution in [0.15, 0.2) is 64.5 Å². The molecule has 1 aliphatic rings. The molecule has 0 spiro atoms. The van der Waals surface area contributed by atoms with E-state index in [1.165, 1.54) is 23.5 Å². The first-order chi connectivity index (χ1) is 15.0. The predicted molar refractivity (Wildman–Crippen MR) is 120 cm³/mol. The van der Waals surface area contributed by atoms with E-state index in [4.69, 9.17) is 0 Å². The summed E-state index contributed by atoms with van der Waals surface area (Å²) < 4.78 is 13.2. The van der Waals surface area contributed by atoms with E-state index in [2.05, 4.69) is 16.5 Å². The van der Waals surface area contributed by atoms with E-state index >= 15 is 0 Å². The van der Waals surface area contributed by atoms with Crippen LogP contribution in [0.3, 0.4) is 0 Å². The van der Waals surface area contributed by atoms with Gasteiger partial charge in [0.2, 0.25) is 0 Å². The first-order valence-corrected chi connectivity index (χ1v) is 11.6. The lowest BCUT2D eigenvalue weighted by molar-refractivity contribution is 0.0923. The molecule has 8 heteroatoms. The summed E-state index contributed by atoms with van der Waals surface area (Å²) in [5.41, 5.74) is 0.978. The van der Waals surface area contributed by atoms with Crippen LogP contribution in [-0.4, -0.2) is 34.4 Å². The van der Waals surface area contributed by atoms with E-state index in [1.807, 2.05) is 38.1 Å². The van der Waals surface area contributed by atoms with Crippen LogP contribution in [-0.2, 0) is 0 Å². The molecule has 1 amide bonds. The first-order valence-electron chi connectivity index (χ1n) is 9.92. The normalized spacial score (nSPS) is 20.5. The third-order valence-electron chi connectivity index (χ3n) is 5.43. The summed E-state index contributed by atoms with van der Waals surface area (Å²) >= 11 is 2.88. The van der Waals surface area contributed by atoms with Gasteiger partial charge in [-0.1, -0.05) is 36.9 Å². The number of benzene rings is 2. The summed E-state index contributed by atoms with van der Waals surface area (Å²) in [7, 11) is 0. The topological polar surface area (TPSA) is 69.0 Å². The number of aromatic nitrogens is 1. The van der Waals surface area contributed by atoms with Gasteiger partial charge in [0.25, 0.3) is 5.91 Å². The molecule has 2 heterocycles. The summed E-state index contributed by atoms with van der Waals surface area (Å²) in [6, 6.07) is 14.1. The molecule has 4 rings (SSSR count). The number of hydrogen-bond acceptors (Lipinski definition) is 6. The van der Waals surface area contributed by atoms with Crippen LogP contribution >= 0.6 is 23.1 Å². The SMILES string of the molecule is CC1CN(C#N)C(C)[C@@H]1NC(=O)c1ncc(-c2ccccc2Sc2ccc(F)cc2)s1. The quantitative estimate of drug-likeness (QED) is 0.551. The maximum absolute atomic E-state index is 13.2. The molecule has 158 valence electrons. The second kappa shape index (κ2) is 9.08. The molecule has 2 unspecified atom stereocenters. The minimum Gasteiger partial charge on any atom is -0.345 e. The Hall–Kier alpha value is -2.89. The zero-order valence-corrected chi connectivity index (χ0v) is 18.7. The van der Waals surface area contributed by atoms with Crippen molar-refractivity contribution < 1.29 is 9.18 Å². The highest BCUT2D eigenvalue weighted by atomic mass is 32.2. The lowest BCUT2D eigenvalue weighted by Crippen LogP contribution is -2.44. The Labute approximate surface area is 188 Å². The van der Waals surface area contributed by atoms with E-state index < -0.39 is 0 Å². The van der Waals surface area contributed by atoms with E-state index in [-0.39, 0.29) is 29.7 Å². The van der Waals surface area contributed by atoms with Gasteiger partial charge in [-0.2, -0.15) is 5.26 Å². The molecule has 0 radical (unpaired) electrons. The van der Waals surface area contributed by atoms with Crippen molar-refractivity contribution in [3.05, 3.63) is 65.6 Å². The van der Waals surface area contributed by atoms with Crippen LogP contribution in [0.4, 0.5) is 4.39 Å². The van der Waals surface area contributed by atoms with Crippen molar-refractivity contribution in [2.45, 2.75) is 35.7 Å². The van der Waals surface area contributed by atoms with Gasteiger partial charge in [0.1, 0.15) is 5.82 Å². The van der Waals surface area contributed by atoms with Crippen molar-refractivity contribution in [3.63, 3.8) is 0 Å². The molecule has 1 N–H and O–H groups in total. The first kappa shape index (κ1) is 21.3. The van der Waals surface area contributed by atoms with E-state index in [9.17, 15) is 14.4 Å². The second-order valence-corrected chi connectivity index (χ2v) is 9.70. The molecular formula is C23H21FN4OS2. The molecule has 3 aromatic rings. The Bertz CT molecular complexity index is 1130. The van der Waals surface area contributed by atoms with Crippen LogP contribution in [0, 0.1) is 23.2 Å². The fraction of sp³-hybridized carbons (Fsp3) is 0.261. The summed E-state index contributed by atoms with van der Waals surface area (Å²) in [5.74, 6) is -0.297. The van der Waals surface area contributed by atoms with E-state index in [1.54, 1.807) is 35.0 Å². The van der Waals surface area contributed by atoms with Gasteiger partial charge in [-0.15, -0.1) is 11.3 Å². The number of amides is 1. The number of halogens is 1. The summed E-state index contributed by atoms with van der Waals surface area (Å²) in [6.45, 7) is 4.63. The van der Waals surface area contributed by atoms with Gasteiger partial charge >= 0.3 is 0 Å². The number of hydrogen-bond donors (Lipinski definition) is 1. The highest BCUT2D eigenvalue weighted by molar-refractivity contribution is 7.99. The molecular weight excluding hydrogens is 431 g/mol. The van der Waals surface area contributed by atoms with Gasteiger partial charge in [0.15, 0.2) is 11.2 Å². The van der Waals surface area contributed by atoms with Crippen molar-refractivity contribution >= 4 is 29.0 Å². The third kappa shape index (κ3) is 4.58. The highest BCUT2D eigenvalue weighted by Crippen LogP contribution is 2.38. The average Bonchev–Trinajstić information content (AvgIpc) is 3.36. The van der Waals surface area contributed by atoms with Crippen molar-refractivity contribution in [2.75, 3.05) is 6.54 Å². The van der Waals surface area contributed by atoms with Crippen LogP contribution in [0.25, 0.3) is 10.4 Å². The lowest BCUT2D eigenvalue weighted by Gasteiger charge is -2.21. The van der Waals surface area contributed by atoms with Crippen molar-refractivity contribution in [2.24, 2.45) is 5.92 Å². The fourth-order valence-corrected chi connectivity index (χ4v) is 5.64. The number of nitriles is 1. The highest BCUT2D eigenvalue weighted by Gasteiger charge is 2.37. The average molecular weight is 453 g/mol. The monoisotopic (exact) mass is 452 g/mol. The van der Waals surface area contributed by atoms with E-state index in [0.29, 0.717) is 11.6 Å². The predicted octanol–water partition coefficient (Wildman–Crippen LogP) is 5.02. The Morgan fingerprint density at radius 2 is 2.00 bits per heavy atom. The van der Waals surface area contributed by atoms with Crippen LogP contribution in [0.5, 0.6) is 0 Å². The molecule has 1 aliphatic heterocycles. The molecule has 1 aromatic heterocycles.